The van der Waals surface area contributed by atoms with E-state index >= 15 is 0 Å². The Balaban J connectivity index is 2.41. The predicted octanol–water partition coefficient (Wildman–Crippen LogP) is 2.94. The van der Waals surface area contributed by atoms with Gasteiger partial charge in [-0.3, -0.25) is 0 Å². The first-order valence-electron chi connectivity index (χ1n) is 2.91. The Morgan fingerprint density at radius 3 is 2.12 bits per heavy atom. The number of hydrogen-bond donors (Lipinski definition) is 0. The highest BCUT2D eigenvalue weighted by Crippen LogP contribution is 2.52. The zero-order chi connectivity index (χ0) is 6.20. The Morgan fingerprint density at radius 1 is 1.62 bits per heavy atom. The normalized spacial score (nSPS) is 27.4. The van der Waals surface area contributed by atoms with Gasteiger partial charge in [-0.25, -0.2) is 0 Å². The average molecular weight is 242 g/mol. The summed E-state index contributed by atoms with van der Waals surface area (Å²) in [4.78, 5) is 0.689. The van der Waals surface area contributed by atoms with E-state index in [1.807, 2.05) is 0 Å². The lowest BCUT2D eigenvalue weighted by Gasteiger charge is -2.12. The van der Waals surface area contributed by atoms with E-state index in [2.05, 4.69) is 38.8 Å². The first-order valence-corrected chi connectivity index (χ1v) is 4.95. The van der Waals surface area contributed by atoms with Crippen LogP contribution in [0.3, 0.4) is 0 Å². The molecular weight excluding hydrogens is 232 g/mol. The van der Waals surface area contributed by atoms with Crippen LogP contribution in [0.2, 0.25) is 0 Å². The summed E-state index contributed by atoms with van der Waals surface area (Å²) in [5.74, 6) is 0. The van der Waals surface area contributed by atoms with Gasteiger partial charge in [-0.05, 0) is 18.3 Å². The number of hydrogen-bond acceptors (Lipinski definition) is 0. The summed E-state index contributed by atoms with van der Waals surface area (Å²) in [6, 6.07) is 0. The minimum atomic E-state index is 0.625. The van der Waals surface area contributed by atoms with Crippen LogP contribution in [0.4, 0.5) is 0 Å². The second-order valence-corrected chi connectivity index (χ2v) is 4.55. The molecule has 0 radical (unpaired) electrons. The van der Waals surface area contributed by atoms with E-state index in [1.165, 1.54) is 12.8 Å². The Kier molecular flexibility index (Phi) is 2.03. The van der Waals surface area contributed by atoms with Crippen LogP contribution in [0, 0.1) is 5.41 Å². The van der Waals surface area contributed by atoms with Gasteiger partial charge in [0.05, 0.1) is 0 Å². The van der Waals surface area contributed by atoms with Gasteiger partial charge in [-0.1, -0.05) is 38.8 Å². The molecule has 1 atom stereocenters. The third-order valence-corrected chi connectivity index (χ3v) is 4.09. The molecule has 2 heteroatoms. The van der Waals surface area contributed by atoms with Crippen molar-refractivity contribution in [2.45, 2.75) is 24.6 Å². The van der Waals surface area contributed by atoms with E-state index in [-0.39, 0.29) is 0 Å². The predicted molar refractivity (Wildman–Crippen MR) is 43.9 cm³/mol. The van der Waals surface area contributed by atoms with E-state index < -0.39 is 0 Å². The Morgan fingerprint density at radius 2 is 2.12 bits per heavy atom. The smallest absolute Gasteiger partial charge is 0.0181 e. The molecule has 1 unspecified atom stereocenters. The molecule has 0 saturated heterocycles. The van der Waals surface area contributed by atoms with Gasteiger partial charge in [0.1, 0.15) is 0 Å². The fourth-order valence-electron chi connectivity index (χ4n) is 0.798. The molecule has 1 fully saturated rings. The van der Waals surface area contributed by atoms with Crippen molar-refractivity contribution in [2.24, 2.45) is 5.41 Å². The molecule has 0 N–H and O–H groups in total. The molecule has 0 spiro atoms. The lowest BCUT2D eigenvalue weighted by molar-refractivity contribution is 0.591. The molecule has 0 aromatic carbocycles. The van der Waals surface area contributed by atoms with Crippen molar-refractivity contribution < 1.29 is 0 Å². The van der Waals surface area contributed by atoms with Crippen LogP contribution in [-0.4, -0.2) is 10.2 Å². The van der Waals surface area contributed by atoms with Crippen LogP contribution in [-0.2, 0) is 0 Å². The summed E-state index contributed by atoms with van der Waals surface area (Å²) >= 11 is 7.09. The van der Waals surface area contributed by atoms with Gasteiger partial charge < -0.3 is 0 Å². The lowest BCUT2D eigenvalue weighted by Crippen LogP contribution is -2.12. The van der Waals surface area contributed by atoms with E-state index in [0.717, 1.165) is 5.33 Å². The maximum atomic E-state index is 3.59. The van der Waals surface area contributed by atoms with Crippen molar-refractivity contribution in [1.29, 1.82) is 0 Å². The van der Waals surface area contributed by atoms with Crippen molar-refractivity contribution in [3.8, 4) is 0 Å². The highest BCUT2D eigenvalue weighted by molar-refractivity contribution is 9.10. The second kappa shape index (κ2) is 2.30. The highest BCUT2D eigenvalue weighted by Gasteiger charge is 2.45. The van der Waals surface area contributed by atoms with E-state index in [9.17, 15) is 0 Å². The fraction of sp³-hybridized carbons (Fsp3) is 1.00. The van der Waals surface area contributed by atoms with Gasteiger partial charge >= 0.3 is 0 Å². The largest absolute Gasteiger partial charge is 0.0922 e. The zero-order valence-corrected chi connectivity index (χ0v) is 8.13. The monoisotopic (exact) mass is 240 g/mol. The molecule has 0 aromatic heterocycles. The number of alkyl halides is 2. The third kappa shape index (κ3) is 1.10. The second-order valence-electron chi connectivity index (χ2n) is 2.61. The van der Waals surface area contributed by atoms with E-state index in [4.69, 9.17) is 0 Å². The van der Waals surface area contributed by atoms with Gasteiger partial charge in [0.25, 0.3) is 0 Å². The van der Waals surface area contributed by atoms with Crippen molar-refractivity contribution in [3.63, 3.8) is 0 Å². The van der Waals surface area contributed by atoms with Crippen LogP contribution in [0.15, 0.2) is 0 Å². The summed E-state index contributed by atoms with van der Waals surface area (Å²) in [7, 11) is 0. The minimum Gasteiger partial charge on any atom is -0.0922 e. The van der Waals surface area contributed by atoms with Crippen molar-refractivity contribution in [2.75, 3.05) is 5.33 Å². The summed E-state index contributed by atoms with van der Waals surface area (Å²) in [5, 5.41) is 1.16. The van der Waals surface area contributed by atoms with Gasteiger partial charge in [0, 0.05) is 10.2 Å². The molecular formula is C6H10Br2. The standard InChI is InChI=1S/C6H10Br2/c1-5(8)6(4-7)2-3-6/h5H,2-4H2,1H3. The summed E-state index contributed by atoms with van der Waals surface area (Å²) in [6.07, 6.45) is 2.79. The lowest BCUT2D eigenvalue weighted by atomic mass is 10.1. The molecule has 1 saturated carbocycles. The quantitative estimate of drug-likeness (QED) is 0.653. The van der Waals surface area contributed by atoms with Crippen molar-refractivity contribution >= 4 is 31.9 Å². The first kappa shape index (κ1) is 7.07. The molecule has 48 valence electrons. The SMILES string of the molecule is CC(Br)C1(CBr)CC1. The Bertz CT molecular complexity index is 84.5. The van der Waals surface area contributed by atoms with Crippen LogP contribution in [0.1, 0.15) is 19.8 Å². The van der Waals surface area contributed by atoms with Crippen LogP contribution in [0.5, 0.6) is 0 Å². The topological polar surface area (TPSA) is 0 Å². The molecule has 8 heavy (non-hydrogen) atoms. The molecule has 0 aliphatic heterocycles. The summed E-state index contributed by atoms with van der Waals surface area (Å²) in [6.45, 7) is 2.23. The molecule has 1 rings (SSSR count). The summed E-state index contributed by atoms with van der Waals surface area (Å²) < 4.78 is 0. The van der Waals surface area contributed by atoms with Crippen molar-refractivity contribution in [3.05, 3.63) is 0 Å². The maximum Gasteiger partial charge on any atom is 0.0181 e. The average Bonchev–Trinajstić information content (AvgIpc) is 2.44. The van der Waals surface area contributed by atoms with Gasteiger partial charge in [0.15, 0.2) is 0 Å². The van der Waals surface area contributed by atoms with Gasteiger partial charge in [0.2, 0.25) is 0 Å². The Labute approximate surface area is 67.3 Å². The number of halogens is 2. The van der Waals surface area contributed by atoms with Crippen LogP contribution in [0.25, 0.3) is 0 Å². The molecule has 1 aliphatic rings. The van der Waals surface area contributed by atoms with Gasteiger partial charge in [-0.2, -0.15) is 0 Å². The minimum absolute atomic E-state index is 0.625. The van der Waals surface area contributed by atoms with Crippen LogP contribution < -0.4 is 0 Å². The van der Waals surface area contributed by atoms with Gasteiger partial charge in [-0.15, -0.1) is 0 Å². The molecule has 0 amide bonds. The third-order valence-electron chi connectivity index (χ3n) is 2.00. The first-order chi connectivity index (χ1) is 3.71. The van der Waals surface area contributed by atoms with E-state index in [0.29, 0.717) is 10.2 Å². The zero-order valence-electron chi connectivity index (χ0n) is 4.95. The number of rotatable bonds is 2. The fourth-order valence-corrected chi connectivity index (χ4v) is 2.90. The van der Waals surface area contributed by atoms with E-state index in [1.54, 1.807) is 0 Å². The summed E-state index contributed by atoms with van der Waals surface area (Å²) in [5.41, 5.74) is 0.625. The van der Waals surface area contributed by atoms with Crippen LogP contribution >= 0.6 is 31.9 Å². The Hall–Kier alpha value is 0.960. The molecule has 0 nitrogen and oxygen atoms in total. The van der Waals surface area contributed by atoms with Crippen molar-refractivity contribution in [1.82, 2.24) is 0 Å². The molecule has 1 aliphatic carbocycles. The molecule has 0 bridgehead atoms. The molecule has 0 heterocycles. The highest BCUT2D eigenvalue weighted by atomic mass is 79.9. The molecule has 0 aromatic rings. The maximum absolute atomic E-state index is 3.59.